The first-order valence-corrected chi connectivity index (χ1v) is 5.68. The number of nitrogens with one attached hydrogen (secondary N) is 1. The van der Waals surface area contributed by atoms with Crippen LogP contribution in [0.1, 0.15) is 6.92 Å². The first kappa shape index (κ1) is 12.7. The number of hydrogen-bond donors (Lipinski definition) is 3. The molecule has 5 heteroatoms. The highest BCUT2D eigenvalue weighted by Gasteiger charge is 2.62. The number of Topliss-reactive ketones (excluding diaryl/α,β-unsaturated/α-hetero) is 1. The number of rotatable bonds is 1. The van der Waals surface area contributed by atoms with E-state index in [1.54, 1.807) is 25.2 Å². The molecule has 0 bridgehead atoms. The van der Waals surface area contributed by atoms with Gasteiger partial charge in [0.05, 0.1) is 11.8 Å². The summed E-state index contributed by atoms with van der Waals surface area (Å²) in [5.74, 6) is -1.77. The minimum Gasteiger partial charge on any atom is -0.388 e. The van der Waals surface area contributed by atoms with E-state index in [9.17, 15) is 19.8 Å². The van der Waals surface area contributed by atoms with E-state index in [4.69, 9.17) is 0 Å². The Morgan fingerprint density at radius 3 is 2.56 bits per heavy atom. The Hall–Kier alpha value is -1.72. The SMILES string of the molecule is C=C1NC(=O)[C@]2(C1=O)C(/C=C/C)C=CC(O)C2O. The number of ketones is 1. The molecule has 3 N–H and O–H groups in total. The molecule has 1 aliphatic carbocycles. The number of aliphatic hydroxyl groups excluding tert-OH is 2. The van der Waals surface area contributed by atoms with Gasteiger partial charge < -0.3 is 15.5 Å². The lowest BCUT2D eigenvalue weighted by Crippen LogP contribution is -2.56. The van der Waals surface area contributed by atoms with E-state index in [1.165, 1.54) is 6.08 Å². The number of carbonyl (C=O) groups excluding carboxylic acids is 2. The van der Waals surface area contributed by atoms with E-state index in [0.717, 1.165) is 0 Å². The second-order valence-corrected chi connectivity index (χ2v) is 4.50. The van der Waals surface area contributed by atoms with Gasteiger partial charge in [-0.15, -0.1) is 0 Å². The summed E-state index contributed by atoms with van der Waals surface area (Å²) in [5.41, 5.74) is -1.74. The van der Waals surface area contributed by atoms with E-state index in [0.29, 0.717) is 0 Å². The predicted molar refractivity (Wildman–Crippen MR) is 64.2 cm³/mol. The molecule has 0 radical (unpaired) electrons. The molecule has 0 aromatic carbocycles. The van der Waals surface area contributed by atoms with Gasteiger partial charge in [0.25, 0.3) is 0 Å². The van der Waals surface area contributed by atoms with Crippen LogP contribution in [-0.4, -0.2) is 34.1 Å². The Bertz CT molecular complexity index is 479. The maximum absolute atomic E-state index is 12.2. The van der Waals surface area contributed by atoms with Crippen LogP contribution in [0.3, 0.4) is 0 Å². The van der Waals surface area contributed by atoms with Crippen LogP contribution in [0.25, 0.3) is 0 Å². The fourth-order valence-corrected chi connectivity index (χ4v) is 2.60. The summed E-state index contributed by atoms with van der Waals surface area (Å²) in [4.78, 5) is 24.3. The number of allylic oxidation sites excluding steroid dienone is 4. The zero-order valence-corrected chi connectivity index (χ0v) is 9.96. The Morgan fingerprint density at radius 1 is 1.39 bits per heavy atom. The van der Waals surface area contributed by atoms with Crippen LogP contribution in [0, 0.1) is 11.3 Å². The van der Waals surface area contributed by atoms with Crippen molar-refractivity contribution < 1.29 is 19.8 Å². The van der Waals surface area contributed by atoms with Crippen molar-refractivity contribution in [2.24, 2.45) is 11.3 Å². The molecule has 1 saturated heterocycles. The quantitative estimate of drug-likeness (QED) is 0.337. The van der Waals surface area contributed by atoms with Gasteiger partial charge in [0.15, 0.2) is 11.2 Å². The standard InChI is InChI=1S/C13H15NO4/c1-3-4-8-5-6-9(15)11(17)13(8)10(16)7(2)14-12(13)18/h3-6,8-9,11,15,17H,2H2,1H3,(H,14,18)/b4-3+/t8?,9?,11?,13-/m0/s1. The number of hydrogen-bond acceptors (Lipinski definition) is 4. The molecule has 96 valence electrons. The molecule has 18 heavy (non-hydrogen) atoms. The summed E-state index contributed by atoms with van der Waals surface area (Å²) in [6, 6.07) is 0. The third-order valence-corrected chi connectivity index (χ3v) is 3.52. The molecule has 0 saturated carbocycles. The van der Waals surface area contributed by atoms with Gasteiger partial charge in [0.1, 0.15) is 6.10 Å². The molecule has 3 unspecified atom stereocenters. The fraction of sp³-hybridized carbons (Fsp3) is 0.385. The molecule has 1 amide bonds. The highest BCUT2D eigenvalue weighted by atomic mass is 16.3. The topological polar surface area (TPSA) is 86.6 Å². The lowest BCUT2D eigenvalue weighted by Gasteiger charge is -2.38. The predicted octanol–water partition coefficient (Wildman–Crippen LogP) is -0.331. The Labute approximate surface area is 104 Å². The van der Waals surface area contributed by atoms with Crippen molar-refractivity contribution in [1.29, 1.82) is 0 Å². The Balaban J connectivity index is 2.62. The second kappa shape index (κ2) is 4.19. The minimum absolute atomic E-state index is 0.0453. The van der Waals surface area contributed by atoms with Crippen LogP contribution < -0.4 is 5.32 Å². The molecule has 0 aromatic rings. The summed E-state index contributed by atoms with van der Waals surface area (Å²) in [6.07, 6.45) is 3.59. The number of carbonyl (C=O) groups is 2. The highest BCUT2D eigenvalue weighted by Crippen LogP contribution is 2.44. The molecule has 0 aromatic heterocycles. The minimum atomic E-state index is -1.70. The summed E-state index contributed by atoms with van der Waals surface area (Å²) in [7, 11) is 0. The van der Waals surface area contributed by atoms with E-state index in [2.05, 4.69) is 11.9 Å². The Kier molecular flexibility index (Phi) is 2.96. The molecule has 5 nitrogen and oxygen atoms in total. The summed E-state index contributed by atoms with van der Waals surface area (Å²) in [5, 5.41) is 22.2. The van der Waals surface area contributed by atoms with Crippen molar-refractivity contribution >= 4 is 11.7 Å². The van der Waals surface area contributed by atoms with Gasteiger partial charge in [-0.05, 0) is 6.92 Å². The molecule has 2 aliphatic rings. The van der Waals surface area contributed by atoms with Crippen molar-refractivity contribution in [2.45, 2.75) is 19.1 Å². The molecule has 2 rings (SSSR count). The van der Waals surface area contributed by atoms with Crippen molar-refractivity contribution in [3.05, 3.63) is 36.6 Å². The highest BCUT2D eigenvalue weighted by molar-refractivity contribution is 6.21. The molecule has 1 fully saturated rings. The first-order valence-electron chi connectivity index (χ1n) is 5.68. The van der Waals surface area contributed by atoms with Gasteiger partial charge in [0.2, 0.25) is 5.91 Å². The molecular weight excluding hydrogens is 234 g/mol. The van der Waals surface area contributed by atoms with Gasteiger partial charge in [-0.2, -0.15) is 0 Å². The normalized spacial score (nSPS) is 39.9. The third kappa shape index (κ3) is 1.41. The van der Waals surface area contributed by atoms with Crippen molar-refractivity contribution in [2.75, 3.05) is 0 Å². The van der Waals surface area contributed by atoms with Crippen molar-refractivity contribution in [3.63, 3.8) is 0 Å². The van der Waals surface area contributed by atoms with Gasteiger partial charge in [-0.25, -0.2) is 0 Å². The van der Waals surface area contributed by atoms with Crippen LogP contribution >= 0.6 is 0 Å². The average molecular weight is 249 g/mol. The maximum Gasteiger partial charge on any atom is 0.242 e. The summed E-state index contributed by atoms with van der Waals surface area (Å²) >= 11 is 0. The Morgan fingerprint density at radius 2 is 2.06 bits per heavy atom. The molecular formula is C13H15NO4. The fourth-order valence-electron chi connectivity index (χ4n) is 2.60. The van der Waals surface area contributed by atoms with E-state index < -0.39 is 35.2 Å². The molecule has 1 heterocycles. The zero-order chi connectivity index (χ0) is 13.5. The average Bonchev–Trinajstić information content (AvgIpc) is 2.54. The van der Waals surface area contributed by atoms with Crippen molar-refractivity contribution in [3.8, 4) is 0 Å². The third-order valence-electron chi connectivity index (χ3n) is 3.52. The first-order chi connectivity index (χ1) is 8.46. The lowest BCUT2D eigenvalue weighted by molar-refractivity contribution is -0.151. The number of aliphatic hydroxyl groups is 2. The van der Waals surface area contributed by atoms with Crippen LogP contribution in [0.15, 0.2) is 36.6 Å². The maximum atomic E-state index is 12.2. The van der Waals surface area contributed by atoms with Crippen LogP contribution in [0.4, 0.5) is 0 Å². The van der Waals surface area contributed by atoms with Crippen LogP contribution in [-0.2, 0) is 9.59 Å². The molecule has 4 atom stereocenters. The van der Waals surface area contributed by atoms with E-state index in [-0.39, 0.29) is 5.70 Å². The van der Waals surface area contributed by atoms with Crippen LogP contribution in [0.2, 0.25) is 0 Å². The number of amides is 1. The summed E-state index contributed by atoms with van der Waals surface area (Å²) in [6.45, 7) is 5.22. The van der Waals surface area contributed by atoms with E-state index >= 15 is 0 Å². The van der Waals surface area contributed by atoms with Gasteiger partial charge in [-0.3, -0.25) is 9.59 Å². The molecule has 1 aliphatic heterocycles. The lowest BCUT2D eigenvalue weighted by atomic mass is 9.64. The van der Waals surface area contributed by atoms with Crippen LogP contribution in [0.5, 0.6) is 0 Å². The largest absolute Gasteiger partial charge is 0.388 e. The smallest absolute Gasteiger partial charge is 0.242 e. The summed E-state index contributed by atoms with van der Waals surface area (Å²) < 4.78 is 0. The zero-order valence-electron chi connectivity index (χ0n) is 9.96. The van der Waals surface area contributed by atoms with Gasteiger partial charge in [0, 0.05) is 5.92 Å². The molecule has 1 spiro atoms. The van der Waals surface area contributed by atoms with E-state index in [1.807, 2.05) is 0 Å². The second-order valence-electron chi connectivity index (χ2n) is 4.50. The van der Waals surface area contributed by atoms with Gasteiger partial charge in [-0.1, -0.05) is 30.9 Å². The van der Waals surface area contributed by atoms with Crippen molar-refractivity contribution in [1.82, 2.24) is 5.32 Å². The monoisotopic (exact) mass is 249 g/mol. The van der Waals surface area contributed by atoms with Gasteiger partial charge >= 0.3 is 0 Å².